The summed E-state index contributed by atoms with van der Waals surface area (Å²) in [6.07, 6.45) is 3.34. The van der Waals surface area contributed by atoms with Crippen molar-refractivity contribution in [3.8, 4) is 0 Å². The topological polar surface area (TPSA) is 57.8 Å². The van der Waals surface area contributed by atoms with Gasteiger partial charge >= 0.3 is 0 Å². The molecule has 2 aromatic heterocycles. The van der Waals surface area contributed by atoms with Crippen molar-refractivity contribution in [2.75, 3.05) is 5.32 Å². The zero-order valence-electron chi connectivity index (χ0n) is 9.85. The quantitative estimate of drug-likeness (QED) is 0.701. The van der Waals surface area contributed by atoms with Crippen molar-refractivity contribution in [2.45, 2.75) is 0 Å². The number of nitrogens with zero attached hydrogens (tertiary/aromatic N) is 1. The lowest BCUT2D eigenvalue weighted by molar-refractivity contribution is 0.102. The second-order valence-corrected chi connectivity index (χ2v) is 4.46. The molecule has 0 aliphatic carbocycles. The van der Waals surface area contributed by atoms with E-state index in [9.17, 15) is 4.79 Å². The summed E-state index contributed by atoms with van der Waals surface area (Å²) < 4.78 is 0. The Morgan fingerprint density at radius 1 is 1.21 bits per heavy atom. The van der Waals surface area contributed by atoms with Gasteiger partial charge in [-0.1, -0.05) is 17.7 Å². The van der Waals surface area contributed by atoms with E-state index < -0.39 is 0 Å². The molecule has 2 heterocycles. The summed E-state index contributed by atoms with van der Waals surface area (Å²) >= 11 is 5.70. The van der Waals surface area contributed by atoms with Gasteiger partial charge in [0.15, 0.2) is 0 Å². The molecule has 0 saturated carbocycles. The summed E-state index contributed by atoms with van der Waals surface area (Å²) in [4.78, 5) is 19.2. The minimum absolute atomic E-state index is 0.172. The van der Waals surface area contributed by atoms with Crippen LogP contribution in [0.3, 0.4) is 0 Å². The van der Waals surface area contributed by atoms with E-state index in [1.54, 1.807) is 18.2 Å². The molecule has 0 atom stereocenters. The number of halogens is 1. The number of fused-ring (bicyclic) bond motifs is 1. The molecule has 0 saturated heterocycles. The number of benzene rings is 1. The summed E-state index contributed by atoms with van der Waals surface area (Å²) in [6.45, 7) is 0. The minimum Gasteiger partial charge on any atom is -0.361 e. The van der Waals surface area contributed by atoms with Crippen LogP contribution in [0.4, 0.5) is 5.69 Å². The minimum atomic E-state index is -0.172. The van der Waals surface area contributed by atoms with Gasteiger partial charge in [0.25, 0.3) is 5.91 Å². The van der Waals surface area contributed by atoms with E-state index in [0.29, 0.717) is 16.4 Å². The Kier molecular flexibility index (Phi) is 2.93. The highest BCUT2D eigenvalue weighted by Crippen LogP contribution is 2.19. The molecular weight excluding hydrogens is 262 g/mol. The maximum absolute atomic E-state index is 12.2. The van der Waals surface area contributed by atoms with Gasteiger partial charge in [-0.15, -0.1) is 0 Å². The first-order valence-corrected chi connectivity index (χ1v) is 6.11. The molecule has 2 N–H and O–H groups in total. The van der Waals surface area contributed by atoms with E-state index in [1.165, 1.54) is 6.20 Å². The average Bonchev–Trinajstić information content (AvgIpc) is 2.89. The Labute approximate surface area is 114 Å². The highest BCUT2D eigenvalue weighted by atomic mass is 35.5. The van der Waals surface area contributed by atoms with Crippen LogP contribution in [0.15, 0.2) is 48.8 Å². The zero-order valence-corrected chi connectivity index (χ0v) is 10.6. The van der Waals surface area contributed by atoms with Gasteiger partial charge in [-0.25, -0.2) is 4.98 Å². The Hall–Kier alpha value is -2.33. The SMILES string of the molecule is O=C(Nc1ccc(Cl)nc1)c1cccc2[nH]ccc12. The molecule has 0 aliphatic rings. The van der Waals surface area contributed by atoms with Gasteiger partial charge in [0, 0.05) is 22.7 Å². The van der Waals surface area contributed by atoms with E-state index in [4.69, 9.17) is 11.6 Å². The molecular formula is C14H10ClN3O. The first-order chi connectivity index (χ1) is 9.24. The van der Waals surface area contributed by atoms with Gasteiger partial charge < -0.3 is 10.3 Å². The van der Waals surface area contributed by atoms with Gasteiger partial charge in [0.2, 0.25) is 0 Å². The number of H-pyrrole nitrogens is 1. The van der Waals surface area contributed by atoms with E-state index in [-0.39, 0.29) is 5.91 Å². The molecule has 1 amide bonds. The fourth-order valence-corrected chi connectivity index (χ4v) is 2.04. The maximum Gasteiger partial charge on any atom is 0.256 e. The van der Waals surface area contributed by atoms with Crippen LogP contribution in [0, 0.1) is 0 Å². The number of rotatable bonds is 2. The summed E-state index contributed by atoms with van der Waals surface area (Å²) in [7, 11) is 0. The molecule has 0 bridgehead atoms. The maximum atomic E-state index is 12.2. The fourth-order valence-electron chi connectivity index (χ4n) is 1.93. The molecule has 4 nitrogen and oxygen atoms in total. The van der Waals surface area contributed by atoms with Gasteiger partial charge in [0.05, 0.1) is 11.9 Å². The standard InChI is InChI=1S/C14H10ClN3O/c15-13-5-4-9(8-17-13)18-14(19)11-2-1-3-12-10(11)6-7-16-12/h1-8,16H,(H,18,19). The summed E-state index contributed by atoms with van der Waals surface area (Å²) in [5, 5.41) is 4.08. The molecule has 5 heteroatoms. The largest absolute Gasteiger partial charge is 0.361 e. The van der Waals surface area contributed by atoms with Crippen LogP contribution in [0.25, 0.3) is 10.9 Å². The number of hydrogen-bond acceptors (Lipinski definition) is 2. The van der Waals surface area contributed by atoms with Crippen molar-refractivity contribution in [2.24, 2.45) is 0 Å². The highest BCUT2D eigenvalue weighted by Gasteiger charge is 2.10. The Bertz CT molecular complexity index is 734. The van der Waals surface area contributed by atoms with Gasteiger partial charge in [-0.3, -0.25) is 4.79 Å². The lowest BCUT2D eigenvalue weighted by Gasteiger charge is -2.06. The molecule has 0 radical (unpaired) electrons. The summed E-state index contributed by atoms with van der Waals surface area (Å²) in [6, 6.07) is 10.8. The number of amides is 1. The number of carbonyl (C=O) groups is 1. The Morgan fingerprint density at radius 2 is 2.11 bits per heavy atom. The molecule has 94 valence electrons. The van der Waals surface area contributed by atoms with Gasteiger partial charge in [-0.05, 0) is 30.3 Å². The third kappa shape index (κ3) is 2.30. The van der Waals surface area contributed by atoms with Crippen LogP contribution in [0.2, 0.25) is 5.15 Å². The highest BCUT2D eigenvalue weighted by molar-refractivity contribution is 6.29. The van der Waals surface area contributed by atoms with Gasteiger partial charge in [0.1, 0.15) is 5.15 Å². The fraction of sp³-hybridized carbons (Fsp3) is 0. The van der Waals surface area contributed by atoms with Crippen LogP contribution < -0.4 is 5.32 Å². The average molecular weight is 272 g/mol. The van der Waals surface area contributed by atoms with Crippen molar-refractivity contribution in [1.82, 2.24) is 9.97 Å². The number of carbonyl (C=O) groups excluding carboxylic acids is 1. The zero-order chi connectivity index (χ0) is 13.2. The molecule has 1 aromatic carbocycles. The third-order valence-electron chi connectivity index (χ3n) is 2.82. The molecule has 0 spiro atoms. The van der Waals surface area contributed by atoms with Crippen molar-refractivity contribution in [1.29, 1.82) is 0 Å². The number of hydrogen-bond donors (Lipinski definition) is 2. The number of aromatic amines is 1. The van der Waals surface area contributed by atoms with Crippen molar-refractivity contribution in [3.05, 3.63) is 59.5 Å². The molecule has 3 aromatic rings. The van der Waals surface area contributed by atoms with Gasteiger partial charge in [-0.2, -0.15) is 0 Å². The number of anilines is 1. The molecule has 3 rings (SSSR count). The molecule has 0 aliphatic heterocycles. The van der Waals surface area contributed by atoms with Crippen LogP contribution in [0.1, 0.15) is 10.4 Å². The lowest BCUT2D eigenvalue weighted by atomic mass is 10.1. The Balaban J connectivity index is 1.92. The van der Waals surface area contributed by atoms with Crippen LogP contribution >= 0.6 is 11.6 Å². The molecule has 0 unspecified atom stereocenters. The van der Waals surface area contributed by atoms with E-state index in [2.05, 4.69) is 15.3 Å². The third-order valence-corrected chi connectivity index (χ3v) is 3.05. The second kappa shape index (κ2) is 4.74. The molecule has 0 fully saturated rings. The predicted octanol–water partition coefficient (Wildman–Crippen LogP) is 3.47. The first kappa shape index (κ1) is 11.7. The van der Waals surface area contributed by atoms with Crippen molar-refractivity contribution >= 4 is 34.1 Å². The van der Waals surface area contributed by atoms with Crippen LogP contribution in [0.5, 0.6) is 0 Å². The van der Waals surface area contributed by atoms with E-state index in [0.717, 1.165) is 10.9 Å². The van der Waals surface area contributed by atoms with Crippen LogP contribution in [-0.4, -0.2) is 15.9 Å². The monoisotopic (exact) mass is 271 g/mol. The number of aromatic nitrogens is 2. The predicted molar refractivity (Wildman–Crippen MR) is 75.5 cm³/mol. The summed E-state index contributed by atoms with van der Waals surface area (Å²) in [5.41, 5.74) is 2.16. The normalized spacial score (nSPS) is 10.6. The van der Waals surface area contributed by atoms with Crippen molar-refractivity contribution in [3.63, 3.8) is 0 Å². The molecule has 19 heavy (non-hydrogen) atoms. The van der Waals surface area contributed by atoms with Crippen LogP contribution in [-0.2, 0) is 0 Å². The van der Waals surface area contributed by atoms with E-state index >= 15 is 0 Å². The number of nitrogens with one attached hydrogen (secondary N) is 2. The second-order valence-electron chi connectivity index (χ2n) is 4.07. The first-order valence-electron chi connectivity index (χ1n) is 5.73. The smallest absolute Gasteiger partial charge is 0.256 e. The summed E-state index contributed by atoms with van der Waals surface area (Å²) in [5.74, 6) is -0.172. The van der Waals surface area contributed by atoms with Crippen molar-refractivity contribution < 1.29 is 4.79 Å². The Morgan fingerprint density at radius 3 is 2.89 bits per heavy atom. The van der Waals surface area contributed by atoms with E-state index in [1.807, 2.05) is 24.4 Å². The lowest BCUT2D eigenvalue weighted by Crippen LogP contribution is -2.12. The number of pyridine rings is 1.